The number of nitrogens with zero attached hydrogens (tertiary/aromatic N) is 1. The number of carbonyl (C=O) groups is 1. The van der Waals surface area contributed by atoms with Crippen LogP contribution in [0, 0.1) is 5.92 Å². The monoisotopic (exact) mass is 463 g/mol. The van der Waals surface area contributed by atoms with Crippen molar-refractivity contribution < 1.29 is 4.79 Å². The highest BCUT2D eigenvalue weighted by atomic mass is 16.1. The van der Waals surface area contributed by atoms with Crippen LogP contribution in [0.5, 0.6) is 0 Å². The lowest BCUT2D eigenvalue weighted by atomic mass is 9.85. The Bertz CT molecular complexity index is 1280. The summed E-state index contributed by atoms with van der Waals surface area (Å²) in [5.41, 5.74) is 5.83. The number of carbonyl (C=O) groups excluding carboxylic acids is 1. The Morgan fingerprint density at radius 2 is 1.60 bits per heavy atom. The average Bonchev–Trinajstić information content (AvgIpc) is 2.92. The minimum Gasteiger partial charge on any atom is -0.345 e. The van der Waals surface area contributed by atoms with E-state index in [0.717, 1.165) is 77.6 Å². The van der Waals surface area contributed by atoms with E-state index < -0.39 is 0 Å². The Morgan fingerprint density at radius 3 is 2.31 bits per heavy atom. The molecule has 0 unspecified atom stereocenters. The molecule has 4 nitrogen and oxygen atoms in total. The van der Waals surface area contributed by atoms with Crippen LogP contribution in [-0.4, -0.2) is 24.0 Å². The van der Waals surface area contributed by atoms with Gasteiger partial charge in [0, 0.05) is 10.9 Å². The summed E-state index contributed by atoms with van der Waals surface area (Å²) in [5, 5.41) is 7.77. The number of piperidine rings is 1. The summed E-state index contributed by atoms with van der Waals surface area (Å²) in [4.78, 5) is 19.2. The number of rotatable bonds is 7. The molecule has 3 aromatic carbocycles. The van der Waals surface area contributed by atoms with Crippen molar-refractivity contribution in [3.63, 3.8) is 0 Å². The molecule has 1 aliphatic heterocycles. The second-order valence-electron chi connectivity index (χ2n) is 9.44. The second-order valence-corrected chi connectivity index (χ2v) is 9.44. The first-order chi connectivity index (χ1) is 17.2. The number of para-hydroxylation sites is 1. The predicted octanol–water partition coefficient (Wildman–Crippen LogP) is 6.33. The van der Waals surface area contributed by atoms with Crippen LogP contribution in [0.1, 0.15) is 53.7 Å². The van der Waals surface area contributed by atoms with Gasteiger partial charge in [-0.15, -0.1) is 0 Å². The zero-order chi connectivity index (χ0) is 24.0. The topological polar surface area (TPSA) is 54.0 Å². The third-order valence-corrected chi connectivity index (χ3v) is 7.13. The number of hydrogen-bond donors (Lipinski definition) is 2. The highest BCUT2D eigenvalue weighted by molar-refractivity contribution is 6.09. The molecule has 1 amide bonds. The van der Waals surface area contributed by atoms with Gasteiger partial charge in [0.05, 0.1) is 22.8 Å². The van der Waals surface area contributed by atoms with Gasteiger partial charge in [-0.25, -0.2) is 4.98 Å². The standard InChI is InChI=1S/C31H33N3O/c1-2-27(23-11-5-3-6-12-23)34-31(35)29-25-15-9-10-16-28(25)33-30(24-13-7-4-8-14-24)26(29)21-22-17-19-32-20-18-22/h3-16,22,27,32H,2,17-21H2,1H3,(H,34,35)/t27-/m1/s1. The Labute approximate surface area is 207 Å². The van der Waals surface area contributed by atoms with E-state index in [1.54, 1.807) is 0 Å². The molecule has 0 spiro atoms. The molecule has 0 aliphatic carbocycles. The van der Waals surface area contributed by atoms with E-state index in [4.69, 9.17) is 4.98 Å². The lowest BCUT2D eigenvalue weighted by Gasteiger charge is -2.26. The Hall–Kier alpha value is -3.50. The number of benzene rings is 3. The van der Waals surface area contributed by atoms with Gasteiger partial charge in [0.1, 0.15) is 0 Å². The molecule has 178 valence electrons. The van der Waals surface area contributed by atoms with Crippen molar-refractivity contribution in [1.82, 2.24) is 15.6 Å². The number of fused-ring (bicyclic) bond motifs is 1. The fraction of sp³-hybridized carbons (Fsp3) is 0.290. The summed E-state index contributed by atoms with van der Waals surface area (Å²) in [7, 11) is 0. The van der Waals surface area contributed by atoms with Crippen molar-refractivity contribution >= 4 is 16.8 Å². The lowest BCUT2D eigenvalue weighted by Crippen LogP contribution is -2.31. The third kappa shape index (κ3) is 5.13. The molecule has 1 saturated heterocycles. The largest absolute Gasteiger partial charge is 0.345 e. The van der Waals surface area contributed by atoms with Gasteiger partial charge in [-0.2, -0.15) is 0 Å². The molecule has 0 bridgehead atoms. The second kappa shape index (κ2) is 10.8. The fourth-order valence-electron chi connectivity index (χ4n) is 5.26. The van der Waals surface area contributed by atoms with Gasteiger partial charge in [0.15, 0.2) is 0 Å². The van der Waals surface area contributed by atoms with Crippen molar-refractivity contribution in [1.29, 1.82) is 0 Å². The number of nitrogens with one attached hydrogen (secondary N) is 2. The van der Waals surface area contributed by atoms with Gasteiger partial charge in [0.25, 0.3) is 5.91 Å². The third-order valence-electron chi connectivity index (χ3n) is 7.13. The summed E-state index contributed by atoms with van der Waals surface area (Å²) < 4.78 is 0. The summed E-state index contributed by atoms with van der Waals surface area (Å²) >= 11 is 0. The summed E-state index contributed by atoms with van der Waals surface area (Å²) in [6.45, 7) is 4.17. The van der Waals surface area contributed by atoms with Crippen LogP contribution in [0.3, 0.4) is 0 Å². The first kappa shape index (κ1) is 23.3. The van der Waals surface area contributed by atoms with E-state index in [0.29, 0.717) is 5.92 Å². The zero-order valence-electron chi connectivity index (χ0n) is 20.3. The van der Waals surface area contributed by atoms with Crippen molar-refractivity contribution in [2.45, 2.75) is 38.6 Å². The first-order valence-electron chi connectivity index (χ1n) is 12.8. The van der Waals surface area contributed by atoms with Gasteiger partial charge < -0.3 is 10.6 Å². The van der Waals surface area contributed by atoms with Crippen LogP contribution in [0.25, 0.3) is 22.2 Å². The van der Waals surface area contributed by atoms with Crippen LogP contribution in [-0.2, 0) is 6.42 Å². The highest BCUT2D eigenvalue weighted by Crippen LogP contribution is 2.34. The summed E-state index contributed by atoms with van der Waals surface area (Å²) in [5.74, 6) is 0.518. The Kier molecular flexibility index (Phi) is 7.20. The summed E-state index contributed by atoms with van der Waals surface area (Å²) in [6.07, 6.45) is 3.91. The molecular formula is C31H33N3O. The van der Waals surface area contributed by atoms with Gasteiger partial charge >= 0.3 is 0 Å². The molecule has 1 aromatic heterocycles. The maximum Gasteiger partial charge on any atom is 0.252 e. The first-order valence-corrected chi connectivity index (χ1v) is 12.8. The molecule has 4 heteroatoms. The minimum atomic E-state index is -0.0393. The van der Waals surface area contributed by atoms with Crippen LogP contribution in [0.15, 0.2) is 84.9 Å². The predicted molar refractivity (Wildman–Crippen MR) is 143 cm³/mol. The molecule has 35 heavy (non-hydrogen) atoms. The van der Waals surface area contributed by atoms with Crippen molar-refractivity contribution in [2.75, 3.05) is 13.1 Å². The smallest absolute Gasteiger partial charge is 0.252 e. The number of hydrogen-bond acceptors (Lipinski definition) is 3. The van der Waals surface area contributed by atoms with E-state index in [1.165, 1.54) is 0 Å². The van der Waals surface area contributed by atoms with Gasteiger partial charge in [-0.1, -0.05) is 85.8 Å². The fourth-order valence-corrected chi connectivity index (χ4v) is 5.26. The van der Waals surface area contributed by atoms with Gasteiger partial charge in [-0.05, 0) is 61.9 Å². The SMILES string of the molecule is CC[C@@H](NC(=O)c1c(CC2CCNCC2)c(-c2ccccc2)nc2ccccc12)c1ccccc1. The zero-order valence-corrected chi connectivity index (χ0v) is 20.3. The molecule has 2 N–H and O–H groups in total. The lowest BCUT2D eigenvalue weighted by molar-refractivity contribution is 0.0936. The molecular weight excluding hydrogens is 430 g/mol. The number of amides is 1. The average molecular weight is 464 g/mol. The van der Waals surface area contributed by atoms with E-state index in [-0.39, 0.29) is 11.9 Å². The molecule has 5 rings (SSSR count). The van der Waals surface area contributed by atoms with Crippen LogP contribution < -0.4 is 10.6 Å². The molecule has 0 saturated carbocycles. The summed E-state index contributed by atoms with van der Waals surface area (Å²) in [6, 6.07) is 28.6. The molecule has 4 aromatic rings. The van der Waals surface area contributed by atoms with Crippen molar-refractivity contribution in [3.05, 3.63) is 102 Å². The molecule has 1 aliphatic rings. The maximum atomic E-state index is 14.1. The van der Waals surface area contributed by atoms with E-state index >= 15 is 0 Å². The molecule has 1 atom stereocenters. The molecule has 2 heterocycles. The van der Waals surface area contributed by atoms with Crippen molar-refractivity contribution in [3.8, 4) is 11.3 Å². The number of pyridine rings is 1. The Morgan fingerprint density at radius 1 is 0.943 bits per heavy atom. The van der Waals surface area contributed by atoms with E-state index in [2.05, 4.69) is 41.8 Å². The maximum absolute atomic E-state index is 14.1. The van der Waals surface area contributed by atoms with Crippen LogP contribution >= 0.6 is 0 Å². The van der Waals surface area contributed by atoms with E-state index in [1.807, 2.05) is 60.7 Å². The van der Waals surface area contributed by atoms with Crippen LogP contribution in [0.2, 0.25) is 0 Å². The quantitative estimate of drug-likeness (QED) is 0.337. The normalized spacial score (nSPS) is 15.1. The van der Waals surface area contributed by atoms with Crippen LogP contribution in [0.4, 0.5) is 0 Å². The molecule has 1 fully saturated rings. The highest BCUT2D eigenvalue weighted by Gasteiger charge is 2.26. The van der Waals surface area contributed by atoms with E-state index in [9.17, 15) is 4.79 Å². The van der Waals surface area contributed by atoms with Gasteiger partial charge in [-0.3, -0.25) is 4.79 Å². The Balaban J connectivity index is 1.65. The van der Waals surface area contributed by atoms with Gasteiger partial charge in [0.2, 0.25) is 0 Å². The number of aromatic nitrogens is 1. The van der Waals surface area contributed by atoms with Crippen molar-refractivity contribution in [2.24, 2.45) is 5.92 Å². The molecule has 0 radical (unpaired) electrons. The minimum absolute atomic E-state index is 0.0135.